The van der Waals surface area contributed by atoms with Crippen LogP contribution in [0, 0.1) is 0 Å². The average molecular weight is 215 g/mol. The molecule has 3 rings (SSSR count). The highest BCUT2D eigenvalue weighted by Gasteiger charge is 2.17. The number of nitrogens with zero attached hydrogens (tertiary/aromatic N) is 2. The zero-order chi connectivity index (χ0) is 11.0. The van der Waals surface area contributed by atoms with Crippen LogP contribution < -0.4 is 0 Å². The molecule has 0 aliphatic heterocycles. The third-order valence-corrected chi connectivity index (χ3v) is 2.41. The van der Waals surface area contributed by atoms with Crippen molar-refractivity contribution in [2.24, 2.45) is 0 Å². The molecule has 80 valence electrons. The lowest BCUT2D eigenvalue weighted by Crippen LogP contribution is -2.00. The molecule has 0 saturated carbocycles. The Morgan fingerprint density at radius 2 is 2.19 bits per heavy atom. The minimum absolute atomic E-state index is 0.374. The van der Waals surface area contributed by atoms with E-state index < -0.39 is 6.10 Å². The molecular weight excluding hydrogens is 206 g/mol. The first-order valence-electron chi connectivity index (χ1n) is 4.86. The smallest absolute Gasteiger partial charge is 0.171 e. The third-order valence-electron chi connectivity index (χ3n) is 2.41. The van der Waals surface area contributed by atoms with Gasteiger partial charge in [-0.25, -0.2) is 4.98 Å². The van der Waals surface area contributed by atoms with Crippen molar-refractivity contribution in [3.05, 3.63) is 48.2 Å². The molecule has 0 aliphatic rings. The molecule has 0 amide bonds. The molecule has 2 aromatic heterocycles. The Morgan fingerprint density at radius 3 is 2.94 bits per heavy atom. The molecule has 0 fully saturated rings. The maximum absolute atomic E-state index is 9.95. The van der Waals surface area contributed by atoms with Crippen molar-refractivity contribution in [2.75, 3.05) is 0 Å². The number of fused-ring (bicyclic) bond motifs is 1. The number of rotatable bonds is 2. The molecule has 0 spiro atoms. The predicted molar refractivity (Wildman–Crippen MR) is 56.7 cm³/mol. The summed E-state index contributed by atoms with van der Waals surface area (Å²) in [5.41, 5.74) is 0.746. The molecule has 0 radical (unpaired) electrons. The van der Waals surface area contributed by atoms with Crippen molar-refractivity contribution in [1.82, 2.24) is 15.2 Å². The molecule has 2 heterocycles. The number of aromatic nitrogens is 3. The summed E-state index contributed by atoms with van der Waals surface area (Å²) >= 11 is 0. The van der Waals surface area contributed by atoms with E-state index in [9.17, 15) is 5.11 Å². The monoisotopic (exact) mass is 215 g/mol. The van der Waals surface area contributed by atoms with E-state index in [2.05, 4.69) is 15.2 Å². The van der Waals surface area contributed by atoms with Gasteiger partial charge in [0.25, 0.3) is 0 Å². The van der Waals surface area contributed by atoms with Gasteiger partial charge in [-0.05, 0) is 12.1 Å². The molecule has 1 aromatic carbocycles. The van der Waals surface area contributed by atoms with Crippen molar-refractivity contribution in [3.63, 3.8) is 0 Å². The highest BCUT2D eigenvalue weighted by atomic mass is 16.4. The quantitative estimate of drug-likeness (QED) is 0.681. The zero-order valence-electron chi connectivity index (χ0n) is 8.29. The van der Waals surface area contributed by atoms with Crippen LogP contribution in [0.3, 0.4) is 0 Å². The average Bonchev–Trinajstić information content (AvgIpc) is 2.97. The standard InChI is InChI=1S/C11H9N3O2/c15-10(11-12-6-13-14-11)9-5-7-3-1-2-4-8(7)16-9/h1-6,10,15H,(H,12,13,14). The van der Waals surface area contributed by atoms with Gasteiger partial charge in [0.1, 0.15) is 17.7 Å². The second kappa shape index (κ2) is 3.46. The number of furan rings is 1. The lowest BCUT2D eigenvalue weighted by molar-refractivity contribution is 0.183. The van der Waals surface area contributed by atoms with Crippen LogP contribution >= 0.6 is 0 Å². The van der Waals surface area contributed by atoms with Crippen molar-refractivity contribution in [1.29, 1.82) is 0 Å². The molecule has 16 heavy (non-hydrogen) atoms. The maximum Gasteiger partial charge on any atom is 0.171 e. The first-order chi connectivity index (χ1) is 7.84. The fraction of sp³-hybridized carbons (Fsp3) is 0.0909. The Kier molecular flexibility index (Phi) is 1.97. The molecule has 1 unspecified atom stereocenters. The van der Waals surface area contributed by atoms with Gasteiger partial charge in [0.2, 0.25) is 0 Å². The van der Waals surface area contributed by atoms with Crippen molar-refractivity contribution < 1.29 is 9.52 Å². The van der Waals surface area contributed by atoms with Gasteiger partial charge in [0.05, 0.1) is 0 Å². The summed E-state index contributed by atoms with van der Waals surface area (Å²) in [6, 6.07) is 9.38. The zero-order valence-corrected chi connectivity index (χ0v) is 8.29. The Bertz CT molecular complexity index is 568. The largest absolute Gasteiger partial charge is 0.458 e. The van der Waals surface area contributed by atoms with Crippen LogP contribution in [0.25, 0.3) is 11.0 Å². The van der Waals surface area contributed by atoms with Gasteiger partial charge in [-0.15, -0.1) is 0 Å². The summed E-state index contributed by atoms with van der Waals surface area (Å²) in [6.45, 7) is 0. The summed E-state index contributed by atoms with van der Waals surface area (Å²) in [5, 5.41) is 17.2. The number of hydrogen-bond donors (Lipinski definition) is 2. The first kappa shape index (κ1) is 9.11. The van der Waals surface area contributed by atoms with Crippen LogP contribution in [0.1, 0.15) is 17.7 Å². The second-order valence-corrected chi connectivity index (χ2v) is 3.46. The van der Waals surface area contributed by atoms with Gasteiger partial charge in [0, 0.05) is 5.39 Å². The molecule has 0 bridgehead atoms. The van der Waals surface area contributed by atoms with E-state index in [-0.39, 0.29) is 0 Å². The Morgan fingerprint density at radius 1 is 1.31 bits per heavy atom. The Balaban J connectivity index is 2.06. The highest BCUT2D eigenvalue weighted by Crippen LogP contribution is 2.25. The van der Waals surface area contributed by atoms with Gasteiger partial charge in [-0.1, -0.05) is 18.2 Å². The van der Waals surface area contributed by atoms with E-state index in [0.29, 0.717) is 11.6 Å². The summed E-state index contributed by atoms with van der Waals surface area (Å²) in [5.74, 6) is 0.831. The molecule has 3 aromatic rings. The van der Waals surface area contributed by atoms with Crippen LogP contribution in [0.15, 0.2) is 41.1 Å². The van der Waals surface area contributed by atoms with Gasteiger partial charge in [-0.2, -0.15) is 5.10 Å². The van der Waals surface area contributed by atoms with Gasteiger partial charge in [0.15, 0.2) is 11.9 Å². The van der Waals surface area contributed by atoms with Crippen molar-refractivity contribution >= 4 is 11.0 Å². The number of nitrogens with one attached hydrogen (secondary N) is 1. The number of H-pyrrole nitrogens is 1. The fourth-order valence-electron chi connectivity index (χ4n) is 1.62. The third kappa shape index (κ3) is 1.38. The van der Waals surface area contributed by atoms with E-state index in [1.165, 1.54) is 6.33 Å². The minimum atomic E-state index is -0.908. The topological polar surface area (TPSA) is 74.9 Å². The predicted octanol–water partition coefficient (Wildman–Crippen LogP) is 1.63. The Labute approximate surface area is 90.7 Å². The maximum atomic E-state index is 9.95. The normalized spacial score (nSPS) is 13.1. The van der Waals surface area contributed by atoms with Crippen LogP contribution in [-0.4, -0.2) is 20.3 Å². The number of hydrogen-bond acceptors (Lipinski definition) is 4. The van der Waals surface area contributed by atoms with Crippen LogP contribution in [0.2, 0.25) is 0 Å². The van der Waals surface area contributed by atoms with Crippen LogP contribution in [-0.2, 0) is 0 Å². The fourth-order valence-corrected chi connectivity index (χ4v) is 1.62. The molecule has 0 aliphatic carbocycles. The number of benzene rings is 1. The number of aromatic amines is 1. The van der Waals surface area contributed by atoms with E-state index in [1.54, 1.807) is 6.07 Å². The van der Waals surface area contributed by atoms with Crippen molar-refractivity contribution in [3.8, 4) is 0 Å². The molecule has 2 N–H and O–H groups in total. The summed E-state index contributed by atoms with van der Waals surface area (Å²) in [4.78, 5) is 3.89. The number of aliphatic hydroxyl groups excluding tert-OH is 1. The molecular formula is C11H9N3O2. The van der Waals surface area contributed by atoms with E-state index >= 15 is 0 Å². The van der Waals surface area contributed by atoms with E-state index in [4.69, 9.17) is 4.42 Å². The number of para-hydroxylation sites is 1. The van der Waals surface area contributed by atoms with Crippen LogP contribution in [0.5, 0.6) is 0 Å². The van der Waals surface area contributed by atoms with Gasteiger partial charge in [-0.3, -0.25) is 5.10 Å². The molecule has 0 saturated heterocycles. The van der Waals surface area contributed by atoms with Gasteiger partial charge >= 0.3 is 0 Å². The van der Waals surface area contributed by atoms with Gasteiger partial charge < -0.3 is 9.52 Å². The lowest BCUT2D eigenvalue weighted by Gasteiger charge is -2.01. The van der Waals surface area contributed by atoms with Crippen LogP contribution in [0.4, 0.5) is 0 Å². The Hall–Kier alpha value is -2.14. The van der Waals surface area contributed by atoms with E-state index in [0.717, 1.165) is 11.0 Å². The highest BCUT2D eigenvalue weighted by molar-refractivity contribution is 5.77. The SMILES string of the molecule is OC(c1ncn[nH]1)c1cc2ccccc2o1. The van der Waals surface area contributed by atoms with Crippen molar-refractivity contribution in [2.45, 2.75) is 6.10 Å². The molecule has 1 atom stereocenters. The summed E-state index contributed by atoms with van der Waals surface area (Å²) in [7, 11) is 0. The summed E-state index contributed by atoms with van der Waals surface area (Å²) in [6.07, 6.45) is 0.441. The summed E-state index contributed by atoms with van der Waals surface area (Å²) < 4.78 is 5.52. The first-order valence-corrected chi connectivity index (χ1v) is 4.86. The molecule has 5 heteroatoms. The van der Waals surface area contributed by atoms with E-state index in [1.807, 2.05) is 24.3 Å². The minimum Gasteiger partial charge on any atom is -0.458 e. The second-order valence-electron chi connectivity index (χ2n) is 3.46. The lowest BCUT2D eigenvalue weighted by atomic mass is 10.2. The number of aliphatic hydroxyl groups is 1. The molecule has 5 nitrogen and oxygen atoms in total.